The molecule has 0 spiro atoms. The van der Waals surface area contributed by atoms with Gasteiger partial charge in [0.1, 0.15) is 11.9 Å². The maximum absolute atomic E-state index is 13.9. The van der Waals surface area contributed by atoms with Crippen molar-refractivity contribution in [1.82, 2.24) is 0 Å². The van der Waals surface area contributed by atoms with Gasteiger partial charge in [-0.3, -0.25) is 0 Å². The minimum absolute atomic E-state index is 0.0165. The van der Waals surface area contributed by atoms with E-state index in [1.807, 2.05) is 6.07 Å². The lowest BCUT2D eigenvalue weighted by Gasteiger charge is -2.11. The van der Waals surface area contributed by atoms with E-state index in [1.165, 1.54) is 17.4 Å². The molecular formula is C11H6Br2ClFOS. The van der Waals surface area contributed by atoms with Crippen molar-refractivity contribution in [3.8, 4) is 0 Å². The van der Waals surface area contributed by atoms with Crippen LogP contribution >= 0.6 is 54.8 Å². The number of aliphatic hydroxyl groups is 1. The normalized spacial score (nSPS) is 12.8. The highest BCUT2D eigenvalue weighted by atomic mass is 79.9. The molecule has 0 aliphatic rings. The van der Waals surface area contributed by atoms with Gasteiger partial charge in [-0.1, -0.05) is 17.7 Å². The van der Waals surface area contributed by atoms with Gasteiger partial charge in [-0.25, -0.2) is 4.39 Å². The first kappa shape index (κ1) is 13.5. The number of benzene rings is 1. The summed E-state index contributed by atoms with van der Waals surface area (Å²) >= 11 is 13.6. The molecule has 1 nitrogen and oxygen atoms in total. The van der Waals surface area contributed by atoms with E-state index >= 15 is 0 Å². The average molecular weight is 400 g/mol. The number of rotatable bonds is 2. The quantitative estimate of drug-likeness (QED) is 0.692. The first-order chi connectivity index (χ1) is 8.00. The molecule has 6 heteroatoms. The zero-order valence-electron chi connectivity index (χ0n) is 8.25. The van der Waals surface area contributed by atoms with Gasteiger partial charge >= 0.3 is 0 Å². The summed E-state index contributed by atoms with van der Waals surface area (Å²) in [6, 6.07) is 6.69. The van der Waals surface area contributed by atoms with Crippen LogP contribution in [0, 0.1) is 5.82 Å². The van der Waals surface area contributed by atoms with Crippen molar-refractivity contribution in [3.63, 3.8) is 0 Å². The van der Waals surface area contributed by atoms with E-state index in [9.17, 15) is 9.50 Å². The van der Waals surface area contributed by atoms with Gasteiger partial charge in [0.25, 0.3) is 0 Å². The Morgan fingerprint density at radius 1 is 1.24 bits per heavy atom. The molecule has 17 heavy (non-hydrogen) atoms. The van der Waals surface area contributed by atoms with Crippen molar-refractivity contribution >= 4 is 54.8 Å². The van der Waals surface area contributed by atoms with Crippen molar-refractivity contribution < 1.29 is 9.50 Å². The molecular weight excluding hydrogens is 394 g/mol. The SMILES string of the molecule is OC(c1ccc(Br)s1)c1ccc(Br)c(Cl)c1F. The van der Waals surface area contributed by atoms with Crippen LogP contribution in [-0.4, -0.2) is 5.11 Å². The van der Waals surface area contributed by atoms with Crippen LogP contribution in [0.25, 0.3) is 0 Å². The highest BCUT2D eigenvalue weighted by Crippen LogP contribution is 2.36. The van der Waals surface area contributed by atoms with Gasteiger partial charge in [-0.05, 0) is 50.1 Å². The van der Waals surface area contributed by atoms with Crippen LogP contribution in [-0.2, 0) is 0 Å². The number of thiophene rings is 1. The molecule has 1 atom stereocenters. The third kappa shape index (κ3) is 2.74. The largest absolute Gasteiger partial charge is 0.383 e. The van der Waals surface area contributed by atoms with E-state index in [1.54, 1.807) is 12.1 Å². The van der Waals surface area contributed by atoms with Crippen LogP contribution in [0.2, 0.25) is 5.02 Å². The molecule has 2 aromatic rings. The zero-order valence-corrected chi connectivity index (χ0v) is 13.0. The number of halogens is 4. The minimum atomic E-state index is -1.00. The smallest absolute Gasteiger partial charge is 0.149 e. The second kappa shape index (κ2) is 5.36. The first-order valence-electron chi connectivity index (χ1n) is 4.57. The summed E-state index contributed by atoms with van der Waals surface area (Å²) in [6.07, 6.45) is -1.00. The Balaban J connectivity index is 2.44. The van der Waals surface area contributed by atoms with Gasteiger partial charge in [-0.2, -0.15) is 0 Å². The predicted octanol–water partition coefficient (Wildman–Crippen LogP) is 5.15. The van der Waals surface area contributed by atoms with E-state index in [0.717, 1.165) is 3.79 Å². The van der Waals surface area contributed by atoms with E-state index in [-0.39, 0.29) is 10.6 Å². The summed E-state index contributed by atoms with van der Waals surface area (Å²) in [6.45, 7) is 0. The molecule has 0 bridgehead atoms. The fourth-order valence-corrected chi connectivity index (χ4v) is 3.29. The van der Waals surface area contributed by atoms with Gasteiger partial charge in [-0.15, -0.1) is 11.3 Å². The lowest BCUT2D eigenvalue weighted by Crippen LogP contribution is -2.01. The summed E-state index contributed by atoms with van der Waals surface area (Å²) in [5.41, 5.74) is 0.174. The molecule has 1 N–H and O–H groups in total. The van der Waals surface area contributed by atoms with Crippen molar-refractivity contribution in [1.29, 1.82) is 0 Å². The van der Waals surface area contributed by atoms with Crippen LogP contribution < -0.4 is 0 Å². The van der Waals surface area contributed by atoms with Crippen molar-refractivity contribution in [2.24, 2.45) is 0 Å². The molecule has 1 unspecified atom stereocenters. The monoisotopic (exact) mass is 398 g/mol. The van der Waals surface area contributed by atoms with E-state index < -0.39 is 11.9 Å². The molecule has 2 rings (SSSR count). The molecule has 1 aromatic heterocycles. The molecule has 0 fully saturated rings. The average Bonchev–Trinajstić information content (AvgIpc) is 2.72. The zero-order chi connectivity index (χ0) is 12.6. The lowest BCUT2D eigenvalue weighted by molar-refractivity contribution is 0.219. The Labute approximate surface area is 123 Å². The first-order valence-corrected chi connectivity index (χ1v) is 7.35. The Kier molecular flexibility index (Phi) is 4.26. The standard InChI is InChI=1S/C11H6Br2ClFOS/c12-6-2-1-5(10(15)9(6)14)11(16)7-3-4-8(13)17-7/h1-4,11,16H. The Morgan fingerprint density at radius 2 is 1.94 bits per heavy atom. The highest BCUT2D eigenvalue weighted by Gasteiger charge is 2.19. The van der Waals surface area contributed by atoms with Crippen LogP contribution in [0.3, 0.4) is 0 Å². The molecule has 1 heterocycles. The second-order valence-corrected chi connectivity index (χ2v) is 7.04. The Morgan fingerprint density at radius 3 is 2.53 bits per heavy atom. The third-order valence-electron chi connectivity index (χ3n) is 2.22. The van der Waals surface area contributed by atoms with E-state index in [4.69, 9.17) is 11.6 Å². The molecule has 1 aromatic carbocycles. The highest BCUT2D eigenvalue weighted by molar-refractivity contribution is 9.11. The molecule has 90 valence electrons. The summed E-state index contributed by atoms with van der Waals surface area (Å²) in [7, 11) is 0. The molecule has 0 saturated heterocycles. The number of aliphatic hydroxyl groups excluding tert-OH is 1. The van der Waals surface area contributed by atoms with Gasteiger partial charge in [0.15, 0.2) is 0 Å². The third-order valence-corrected chi connectivity index (χ3v) is 5.16. The van der Waals surface area contributed by atoms with Gasteiger partial charge in [0.2, 0.25) is 0 Å². The molecule has 0 aliphatic carbocycles. The van der Waals surface area contributed by atoms with Crippen molar-refractivity contribution in [2.75, 3.05) is 0 Å². The van der Waals surface area contributed by atoms with Crippen LogP contribution in [0.5, 0.6) is 0 Å². The van der Waals surface area contributed by atoms with E-state index in [2.05, 4.69) is 31.9 Å². The second-order valence-electron chi connectivity index (χ2n) is 3.31. The van der Waals surface area contributed by atoms with Crippen molar-refractivity contribution in [3.05, 3.63) is 53.8 Å². The summed E-state index contributed by atoms with van der Waals surface area (Å²) in [4.78, 5) is 0.661. The van der Waals surface area contributed by atoms with Crippen LogP contribution in [0.1, 0.15) is 16.5 Å². The summed E-state index contributed by atoms with van der Waals surface area (Å²) < 4.78 is 15.2. The fourth-order valence-electron chi connectivity index (χ4n) is 1.38. The van der Waals surface area contributed by atoms with Crippen molar-refractivity contribution in [2.45, 2.75) is 6.10 Å². The Hall–Kier alpha value is 0.0600. The summed E-state index contributed by atoms with van der Waals surface area (Å²) in [5, 5.41) is 10.1. The maximum atomic E-state index is 13.9. The number of hydrogen-bond donors (Lipinski definition) is 1. The van der Waals surface area contributed by atoms with Gasteiger partial charge in [0.05, 0.1) is 8.81 Å². The molecule has 0 radical (unpaired) electrons. The van der Waals surface area contributed by atoms with Gasteiger partial charge < -0.3 is 5.11 Å². The van der Waals surface area contributed by atoms with Crippen LogP contribution in [0.15, 0.2) is 32.5 Å². The molecule has 0 saturated carbocycles. The fraction of sp³-hybridized carbons (Fsp3) is 0.0909. The molecule has 0 amide bonds. The topological polar surface area (TPSA) is 20.2 Å². The van der Waals surface area contributed by atoms with Gasteiger partial charge in [0, 0.05) is 14.9 Å². The van der Waals surface area contributed by atoms with E-state index in [0.29, 0.717) is 9.35 Å². The number of hydrogen-bond acceptors (Lipinski definition) is 2. The minimum Gasteiger partial charge on any atom is -0.383 e. The molecule has 0 aliphatic heterocycles. The lowest BCUT2D eigenvalue weighted by atomic mass is 10.1. The maximum Gasteiger partial charge on any atom is 0.149 e. The predicted molar refractivity (Wildman–Crippen MR) is 75.2 cm³/mol. The summed E-state index contributed by atoms with van der Waals surface area (Å²) in [5.74, 6) is -0.599. The Bertz CT molecular complexity index is 558. The van der Waals surface area contributed by atoms with Crippen LogP contribution in [0.4, 0.5) is 4.39 Å².